The molecule has 4 nitrogen and oxygen atoms in total. The highest BCUT2D eigenvalue weighted by Crippen LogP contribution is 2.62. The van der Waals surface area contributed by atoms with E-state index >= 15 is 0 Å². The summed E-state index contributed by atoms with van der Waals surface area (Å²) in [4.78, 5) is 33.8. The third kappa shape index (κ3) is 4.51. The van der Waals surface area contributed by atoms with E-state index in [1.807, 2.05) is 11.3 Å². The Kier molecular flexibility index (Phi) is 6.85. The highest BCUT2D eigenvalue weighted by molar-refractivity contribution is 7.15. The molecule has 7 atom stereocenters. The Morgan fingerprint density at radius 1 is 1.05 bits per heavy atom. The molecular weight excluding hydrogens is 478 g/mol. The molecule has 2 heterocycles. The Hall–Kier alpha value is -2.27. The van der Waals surface area contributed by atoms with Crippen LogP contribution in [0.1, 0.15) is 99.6 Å². The van der Waals surface area contributed by atoms with E-state index in [2.05, 4.69) is 51.1 Å². The van der Waals surface area contributed by atoms with E-state index in [0.717, 1.165) is 42.7 Å². The Balaban J connectivity index is 1.43. The second-order valence-corrected chi connectivity index (χ2v) is 13.0. The zero-order valence-corrected chi connectivity index (χ0v) is 23.2. The minimum Gasteiger partial charge on any atom is -0.462 e. The van der Waals surface area contributed by atoms with Crippen LogP contribution >= 0.6 is 11.3 Å². The molecule has 3 aliphatic carbocycles. The van der Waals surface area contributed by atoms with Crippen molar-refractivity contribution in [3.63, 3.8) is 0 Å². The number of hydrogen-bond acceptors (Lipinski definition) is 5. The maximum atomic E-state index is 13.8. The molecule has 0 N–H and O–H groups in total. The van der Waals surface area contributed by atoms with Crippen molar-refractivity contribution in [1.29, 1.82) is 0 Å². The molecule has 0 amide bonds. The number of carbonyl (C=O) groups is 2. The summed E-state index contributed by atoms with van der Waals surface area (Å²) in [6, 6.07) is 8.60. The lowest BCUT2D eigenvalue weighted by atomic mass is 9.68. The van der Waals surface area contributed by atoms with Crippen LogP contribution in [0.4, 0.5) is 0 Å². The number of aromatic nitrogens is 1. The van der Waals surface area contributed by atoms with Gasteiger partial charge in [0.25, 0.3) is 0 Å². The number of allylic oxidation sites excluding steroid dienone is 2. The second kappa shape index (κ2) is 10.1. The quantitative estimate of drug-likeness (QED) is 0.382. The SMILES string of the molecule is CC[C@H]1CCCC[C@@H](C)C(=O)C2=CC3C(c4sc(-c5cccc(C)c5)nc4C4CCC[C@H]43)[C@@H]2CC(=O)O1. The summed E-state index contributed by atoms with van der Waals surface area (Å²) >= 11 is 1.81. The van der Waals surface area contributed by atoms with Crippen molar-refractivity contribution in [3.05, 3.63) is 52.0 Å². The molecule has 1 aliphatic heterocycles. The average molecular weight is 518 g/mol. The topological polar surface area (TPSA) is 56.3 Å². The van der Waals surface area contributed by atoms with Crippen molar-refractivity contribution < 1.29 is 14.3 Å². The van der Waals surface area contributed by atoms with Crippen molar-refractivity contribution in [2.45, 2.75) is 96.5 Å². The normalized spacial score (nSPS) is 33.8. The molecule has 5 heteroatoms. The summed E-state index contributed by atoms with van der Waals surface area (Å²) < 4.78 is 6.00. The number of aryl methyl sites for hydroxylation is 1. The summed E-state index contributed by atoms with van der Waals surface area (Å²) in [6.07, 6.45) is 10.9. The van der Waals surface area contributed by atoms with Gasteiger partial charge in [0.15, 0.2) is 5.78 Å². The Morgan fingerprint density at radius 2 is 1.89 bits per heavy atom. The molecule has 0 spiro atoms. The Morgan fingerprint density at radius 3 is 2.70 bits per heavy atom. The minimum absolute atomic E-state index is 0.00703. The van der Waals surface area contributed by atoms with Crippen LogP contribution in [0, 0.1) is 30.6 Å². The van der Waals surface area contributed by atoms with E-state index in [0.29, 0.717) is 24.2 Å². The van der Waals surface area contributed by atoms with Gasteiger partial charge in [0.05, 0.1) is 12.1 Å². The highest BCUT2D eigenvalue weighted by Gasteiger charge is 2.53. The van der Waals surface area contributed by atoms with E-state index in [1.54, 1.807) is 0 Å². The second-order valence-electron chi connectivity index (χ2n) is 11.9. The number of fused-ring (bicyclic) bond motifs is 8. The number of thiazole rings is 1. The van der Waals surface area contributed by atoms with Gasteiger partial charge in [-0.05, 0) is 68.9 Å². The smallest absolute Gasteiger partial charge is 0.306 e. The predicted molar refractivity (Wildman–Crippen MR) is 148 cm³/mol. The molecule has 2 aromatic rings. The average Bonchev–Trinajstić information content (AvgIpc) is 3.61. The molecule has 2 fully saturated rings. The fourth-order valence-corrected chi connectivity index (χ4v) is 9.04. The number of rotatable bonds is 2. The maximum Gasteiger partial charge on any atom is 0.306 e. The molecule has 1 aromatic heterocycles. The fraction of sp³-hybridized carbons (Fsp3) is 0.594. The third-order valence-electron chi connectivity index (χ3n) is 9.57. The molecule has 0 bridgehead atoms. The largest absolute Gasteiger partial charge is 0.462 e. The predicted octanol–water partition coefficient (Wildman–Crippen LogP) is 7.76. The first-order valence-corrected chi connectivity index (χ1v) is 15.3. The molecular formula is C32H39NO3S. The lowest BCUT2D eigenvalue weighted by molar-refractivity contribution is -0.150. The number of cyclic esters (lactones) is 1. The standard InChI is InChI=1S/C32H39NO3S/c1-4-21-12-6-5-10-19(3)30(35)26-16-24-22-13-8-14-23(22)29-31(28(24)25(26)17-27(34)36-21)37-32(33-29)20-11-7-9-18(2)15-20/h7,9,11,15-16,19,21-25,28H,4-6,8,10,12-14,17H2,1-3H3/t19-,21+,22-,23?,24?,25-,28?/m1/s1. The first kappa shape index (κ1) is 25.0. The lowest BCUT2D eigenvalue weighted by Crippen LogP contribution is -2.32. The van der Waals surface area contributed by atoms with Crippen LogP contribution in [0.25, 0.3) is 10.6 Å². The molecule has 0 radical (unpaired) electrons. The van der Waals surface area contributed by atoms with Gasteiger partial charge in [0, 0.05) is 34.1 Å². The monoisotopic (exact) mass is 517 g/mol. The van der Waals surface area contributed by atoms with Crippen molar-refractivity contribution in [2.24, 2.45) is 23.7 Å². The van der Waals surface area contributed by atoms with E-state index in [-0.39, 0.29) is 35.6 Å². The van der Waals surface area contributed by atoms with Gasteiger partial charge < -0.3 is 4.74 Å². The molecule has 3 unspecified atom stereocenters. The molecule has 6 rings (SSSR count). The zero-order valence-electron chi connectivity index (χ0n) is 22.4. The molecule has 1 saturated heterocycles. The molecule has 1 aromatic carbocycles. The highest BCUT2D eigenvalue weighted by atomic mass is 32.1. The Labute approximate surface area is 224 Å². The van der Waals surface area contributed by atoms with Gasteiger partial charge >= 0.3 is 5.97 Å². The minimum atomic E-state index is -0.136. The summed E-state index contributed by atoms with van der Waals surface area (Å²) in [5, 5.41) is 1.08. The third-order valence-corrected chi connectivity index (χ3v) is 10.8. The van der Waals surface area contributed by atoms with E-state index in [9.17, 15) is 9.59 Å². The van der Waals surface area contributed by atoms with Gasteiger partial charge in [0.2, 0.25) is 0 Å². The van der Waals surface area contributed by atoms with E-state index in [4.69, 9.17) is 9.72 Å². The van der Waals surface area contributed by atoms with Gasteiger partial charge in [-0.3, -0.25) is 9.59 Å². The molecule has 4 aliphatic rings. The molecule has 1 saturated carbocycles. The number of carbonyl (C=O) groups excluding carboxylic acids is 2. The first-order chi connectivity index (χ1) is 17.9. The van der Waals surface area contributed by atoms with Crippen LogP contribution in [0.3, 0.4) is 0 Å². The maximum absolute atomic E-state index is 13.8. The lowest BCUT2D eigenvalue weighted by Gasteiger charge is -2.37. The number of esters is 1. The van der Waals surface area contributed by atoms with Gasteiger partial charge in [-0.1, -0.05) is 56.5 Å². The van der Waals surface area contributed by atoms with Crippen LogP contribution in [-0.4, -0.2) is 22.8 Å². The van der Waals surface area contributed by atoms with Crippen LogP contribution in [0.2, 0.25) is 0 Å². The van der Waals surface area contributed by atoms with E-state index < -0.39 is 0 Å². The summed E-state index contributed by atoms with van der Waals surface area (Å²) in [6.45, 7) is 6.32. The molecule has 196 valence electrons. The van der Waals surface area contributed by atoms with Gasteiger partial charge in [-0.15, -0.1) is 11.3 Å². The van der Waals surface area contributed by atoms with Crippen LogP contribution in [0.15, 0.2) is 35.9 Å². The summed E-state index contributed by atoms with van der Waals surface area (Å²) in [5.74, 6) is 1.50. The fourth-order valence-electron chi connectivity index (χ4n) is 7.68. The van der Waals surface area contributed by atoms with Crippen LogP contribution in [0.5, 0.6) is 0 Å². The summed E-state index contributed by atoms with van der Waals surface area (Å²) in [7, 11) is 0. The van der Waals surface area contributed by atoms with E-state index in [1.165, 1.54) is 41.0 Å². The first-order valence-electron chi connectivity index (χ1n) is 14.5. The van der Waals surface area contributed by atoms with Crippen molar-refractivity contribution in [2.75, 3.05) is 0 Å². The Bertz CT molecular complexity index is 1230. The van der Waals surface area contributed by atoms with Crippen molar-refractivity contribution in [1.82, 2.24) is 4.98 Å². The molecule has 37 heavy (non-hydrogen) atoms. The zero-order chi connectivity index (χ0) is 25.7. The van der Waals surface area contributed by atoms with Crippen LogP contribution < -0.4 is 0 Å². The number of hydrogen-bond donors (Lipinski definition) is 0. The van der Waals surface area contributed by atoms with Gasteiger partial charge in [-0.2, -0.15) is 0 Å². The number of benzene rings is 1. The number of ether oxygens (including phenoxy) is 1. The van der Waals surface area contributed by atoms with Crippen LogP contribution in [-0.2, 0) is 14.3 Å². The summed E-state index contributed by atoms with van der Waals surface area (Å²) in [5.41, 5.74) is 4.58. The number of ketones is 1. The number of Topliss-reactive ketones (excluding diaryl/α,β-unsaturated/α-hetero) is 1. The van der Waals surface area contributed by atoms with Gasteiger partial charge in [-0.25, -0.2) is 4.98 Å². The number of nitrogens with zero attached hydrogens (tertiary/aromatic N) is 1. The van der Waals surface area contributed by atoms with Crippen molar-refractivity contribution in [3.8, 4) is 10.6 Å². The van der Waals surface area contributed by atoms with Crippen molar-refractivity contribution >= 4 is 23.1 Å². The van der Waals surface area contributed by atoms with Gasteiger partial charge in [0.1, 0.15) is 11.1 Å².